The van der Waals surface area contributed by atoms with Crippen LogP contribution in [0.4, 0.5) is 13.2 Å². The van der Waals surface area contributed by atoms with Gasteiger partial charge in [-0.15, -0.1) is 24.0 Å². The van der Waals surface area contributed by atoms with Gasteiger partial charge < -0.3 is 19.8 Å². The average molecular weight is 560 g/mol. The number of benzene rings is 2. The predicted octanol–water partition coefficient (Wildman–Crippen LogP) is 5.07. The minimum atomic E-state index is -4.36. The summed E-state index contributed by atoms with van der Waals surface area (Å²) in [5.74, 6) is 1.27. The molecule has 0 fully saturated rings. The van der Waals surface area contributed by atoms with Crippen LogP contribution in [0, 0.1) is 6.92 Å². The summed E-state index contributed by atoms with van der Waals surface area (Å²) in [6.45, 7) is 1.56. The molecule has 3 rings (SSSR count). The third kappa shape index (κ3) is 8.06. The first-order chi connectivity index (χ1) is 14.8. The number of aromatic nitrogens is 1. The second-order valence-corrected chi connectivity index (χ2v) is 6.84. The number of nitrogens with zero attached hydrogens (tertiary/aromatic N) is 2. The number of oxazole rings is 1. The molecule has 0 radical (unpaired) electrons. The number of aliphatic imine (C=N–C) groups is 1. The standard InChI is InChI=1S/C22H23F3N4O2.HI/c1-15-3-7-17(8-4-15)20-29-18(13-30-20)12-28-21(26-2)27-11-16-5-9-19(10-6-16)31-14-22(23,24)25;/h3-10,13H,11-12,14H2,1-2H3,(H2,26,27,28);1H. The van der Waals surface area contributed by atoms with Crippen molar-refractivity contribution in [2.75, 3.05) is 13.7 Å². The summed E-state index contributed by atoms with van der Waals surface area (Å²) < 4.78 is 46.8. The number of aryl methyl sites for hydroxylation is 1. The molecule has 0 spiro atoms. The van der Waals surface area contributed by atoms with E-state index in [0.717, 1.165) is 22.4 Å². The Labute approximate surface area is 201 Å². The van der Waals surface area contributed by atoms with Gasteiger partial charge in [-0.1, -0.05) is 29.8 Å². The van der Waals surface area contributed by atoms with Crippen molar-refractivity contribution in [3.8, 4) is 17.2 Å². The highest BCUT2D eigenvalue weighted by atomic mass is 127. The molecule has 0 saturated carbocycles. The van der Waals surface area contributed by atoms with Crippen molar-refractivity contribution in [2.24, 2.45) is 4.99 Å². The van der Waals surface area contributed by atoms with Crippen molar-refractivity contribution < 1.29 is 22.3 Å². The highest BCUT2D eigenvalue weighted by Gasteiger charge is 2.28. The zero-order valence-electron chi connectivity index (χ0n) is 17.6. The molecule has 10 heteroatoms. The van der Waals surface area contributed by atoms with Gasteiger partial charge in [-0.2, -0.15) is 13.2 Å². The van der Waals surface area contributed by atoms with Gasteiger partial charge in [0.15, 0.2) is 12.6 Å². The van der Waals surface area contributed by atoms with Gasteiger partial charge in [0.1, 0.15) is 12.0 Å². The van der Waals surface area contributed by atoms with E-state index in [2.05, 4.69) is 20.6 Å². The summed E-state index contributed by atoms with van der Waals surface area (Å²) in [5, 5.41) is 6.28. The fourth-order valence-electron chi connectivity index (χ4n) is 2.67. The normalized spacial score (nSPS) is 11.6. The van der Waals surface area contributed by atoms with E-state index < -0.39 is 12.8 Å². The van der Waals surface area contributed by atoms with Crippen LogP contribution < -0.4 is 15.4 Å². The number of hydrogen-bond donors (Lipinski definition) is 2. The van der Waals surface area contributed by atoms with E-state index in [1.807, 2.05) is 31.2 Å². The van der Waals surface area contributed by atoms with Crippen molar-refractivity contribution in [1.29, 1.82) is 0 Å². The molecule has 2 N–H and O–H groups in total. The molecule has 0 aliphatic carbocycles. The quantitative estimate of drug-likeness (QED) is 0.240. The largest absolute Gasteiger partial charge is 0.484 e. The summed E-state index contributed by atoms with van der Waals surface area (Å²) in [4.78, 5) is 8.63. The smallest absolute Gasteiger partial charge is 0.422 e. The molecule has 1 heterocycles. The van der Waals surface area contributed by atoms with Crippen molar-refractivity contribution in [3.63, 3.8) is 0 Å². The highest BCUT2D eigenvalue weighted by Crippen LogP contribution is 2.20. The van der Waals surface area contributed by atoms with Crippen LogP contribution in [0.5, 0.6) is 5.75 Å². The van der Waals surface area contributed by atoms with Crippen LogP contribution in [-0.2, 0) is 13.1 Å². The lowest BCUT2D eigenvalue weighted by atomic mass is 10.1. The number of guanidine groups is 1. The summed E-state index contributed by atoms with van der Waals surface area (Å²) in [6, 6.07) is 14.3. The maximum absolute atomic E-state index is 12.2. The number of halogens is 4. The molecular formula is C22H24F3IN4O2. The van der Waals surface area contributed by atoms with Crippen LogP contribution in [0.2, 0.25) is 0 Å². The molecule has 0 unspecified atom stereocenters. The first kappa shape index (κ1) is 25.5. The molecule has 0 bridgehead atoms. The average Bonchev–Trinajstić information content (AvgIpc) is 3.22. The lowest BCUT2D eigenvalue weighted by Crippen LogP contribution is -2.36. The van der Waals surface area contributed by atoms with Gasteiger partial charge in [-0.25, -0.2) is 4.98 Å². The summed E-state index contributed by atoms with van der Waals surface area (Å²) in [5.41, 5.74) is 3.66. The van der Waals surface area contributed by atoms with E-state index in [0.29, 0.717) is 24.9 Å². The first-order valence-corrected chi connectivity index (χ1v) is 9.57. The van der Waals surface area contributed by atoms with Gasteiger partial charge in [0.25, 0.3) is 0 Å². The van der Waals surface area contributed by atoms with E-state index in [-0.39, 0.29) is 29.7 Å². The third-order valence-corrected chi connectivity index (χ3v) is 4.30. The fourth-order valence-corrected chi connectivity index (χ4v) is 2.67. The van der Waals surface area contributed by atoms with E-state index in [9.17, 15) is 13.2 Å². The minimum absolute atomic E-state index is 0. The van der Waals surface area contributed by atoms with Gasteiger partial charge in [-0.05, 0) is 36.8 Å². The Kier molecular flexibility index (Phi) is 9.36. The molecule has 32 heavy (non-hydrogen) atoms. The Bertz CT molecular complexity index is 1000. The minimum Gasteiger partial charge on any atom is -0.484 e. The third-order valence-electron chi connectivity index (χ3n) is 4.30. The van der Waals surface area contributed by atoms with Crippen LogP contribution in [0.1, 0.15) is 16.8 Å². The number of rotatable bonds is 7. The fraction of sp³-hybridized carbons (Fsp3) is 0.273. The second kappa shape index (κ2) is 11.7. The predicted molar refractivity (Wildman–Crippen MR) is 127 cm³/mol. The van der Waals surface area contributed by atoms with E-state index in [4.69, 9.17) is 9.15 Å². The Balaban J connectivity index is 0.00000363. The maximum Gasteiger partial charge on any atom is 0.422 e. The number of alkyl halides is 3. The summed E-state index contributed by atoms with van der Waals surface area (Å²) in [7, 11) is 1.64. The zero-order chi connectivity index (χ0) is 22.3. The second-order valence-electron chi connectivity index (χ2n) is 6.84. The molecule has 2 aromatic carbocycles. The summed E-state index contributed by atoms with van der Waals surface area (Å²) in [6.07, 6.45) is -2.77. The lowest BCUT2D eigenvalue weighted by Gasteiger charge is -2.12. The monoisotopic (exact) mass is 560 g/mol. The van der Waals surface area contributed by atoms with Crippen LogP contribution in [0.15, 0.2) is 64.2 Å². The molecule has 0 atom stereocenters. The molecular weight excluding hydrogens is 536 g/mol. The SMILES string of the molecule is CN=C(NCc1ccc(OCC(F)(F)F)cc1)NCc1coc(-c2ccc(C)cc2)n1.I. The van der Waals surface area contributed by atoms with E-state index >= 15 is 0 Å². The van der Waals surface area contributed by atoms with Crippen molar-refractivity contribution in [2.45, 2.75) is 26.2 Å². The van der Waals surface area contributed by atoms with E-state index in [1.165, 1.54) is 12.1 Å². The Morgan fingerprint density at radius 1 is 1.03 bits per heavy atom. The van der Waals surface area contributed by atoms with Gasteiger partial charge in [0.05, 0.1) is 12.2 Å². The lowest BCUT2D eigenvalue weighted by molar-refractivity contribution is -0.153. The molecule has 172 valence electrons. The maximum atomic E-state index is 12.2. The molecule has 6 nitrogen and oxygen atoms in total. The van der Waals surface area contributed by atoms with Gasteiger partial charge in [0.2, 0.25) is 5.89 Å². The topological polar surface area (TPSA) is 71.7 Å². The first-order valence-electron chi connectivity index (χ1n) is 9.57. The number of hydrogen-bond acceptors (Lipinski definition) is 4. The van der Waals surface area contributed by atoms with Crippen molar-refractivity contribution in [3.05, 3.63) is 71.6 Å². The highest BCUT2D eigenvalue weighted by molar-refractivity contribution is 14.0. The summed E-state index contributed by atoms with van der Waals surface area (Å²) >= 11 is 0. The molecule has 0 amide bonds. The zero-order valence-corrected chi connectivity index (χ0v) is 19.9. The van der Waals surface area contributed by atoms with Gasteiger partial charge in [0, 0.05) is 19.2 Å². The van der Waals surface area contributed by atoms with Crippen LogP contribution >= 0.6 is 24.0 Å². The van der Waals surface area contributed by atoms with Crippen LogP contribution in [0.25, 0.3) is 11.5 Å². The van der Waals surface area contributed by atoms with Gasteiger partial charge >= 0.3 is 6.18 Å². The molecule has 0 aliphatic heterocycles. The van der Waals surface area contributed by atoms with E-state index in [1.54, 1.807) is 25.4 Å². The Hall–Kier alpha value is -2.76. The number of nitrogens with one attached hydrogen (secondary N) is 2. The molecule has 3 aromatic rings. The van der Waals surface area contributed by atoms with Crippen molar-refractivity contribution in [1.82, 2.24) is 15.6 Å². The molecule has 1 aromatic heterocycles. The number of ether oxygens (including phenoxy) is 1. The Morgan fingerprint density at radius 3 is 2.31 bits per heavy atom. The Morgan fingerprint density at radius 2 is 1.69 bits per heavy atom. The molecule has 0 saturated heterocycles. The molecule has 0 aliphatic rings. The van der Waals surface area contributed by atoms with Crippen molar-refractivity contribution >= 4 is 29.9 Å². The van der Waals surface area contributed by atoms with Crippen LogP contribution in [-0.4, -0.2) is 30.8 Å². The van der Waals surface area contributed by atoms with Gasteiger partial charge in [-0.3, -0.25) is 4.99 Å². The van der Waals surface area contributed by atoms with Crippen LogP contribution in [0.3, 0.4) is 0 Å².